The Balaban J connectivity index is 1.12. The number of halogens is 5. The summed E-state index contributed by atoms with van der Waals surface area (Å²) >= 11 is 0. The predicted molar refractivity (Wildman–Crippen MR) is 190 cm³/mol. The molecular weight excluding hydrogens is 742 g/mol. The second kappa shape index (κ2) is 16.4. The highest BCUT2D eigenvalue weighted by Crippen LogP contribution is 2.63. The van der Waals surface area contributed by atoms with Gasteiger partial charge >= 0.3 is 26.0 Å². The van der Waals surface area contributed by atoms with Crippen LogP contribution >= 0.6 is 7.82 Å². The summed E-state index contributed by atoms with van der Waals surface area (Å²) in [4.78, 5) is 36.9. The molecule has 2 saturated heterocycles. The van der Waals surface area contributed by atoms with E-state index >= 15 is 0 Å². The van der Waals surface area contributed by atoms with Crippen molar-refractivity contribution >= 4 is 24.7 Å². The molecule has 1 amide bonds. The lowest BCUT2D eigenvalue weighted by Crippen LogP contribution is -2.51. The Labute approximate surface area is 311 Å². The summed E-state index contributed by atoms with van der Waals surface area (Å²) in [6, 6.07) is 5.67. The molecule has 0 aromatic heterocycles. The Kier molecular flexibility index (Phi) is 12.6. The maximum Gasteiger partial charge on any atom is 0.524 e. The molecule has 53 heavy (non-hydrogen) atoms. The van der Waals surface area contributed by atoms with E-state index in [0.29, 0.717) is 38.4 Å². The van der Waals surface area contributed by atoms with Crippen LogP contribution in [0.5, 0.6) is 5.75 Å². The number of hydrogen-bond acceptors (Lipinski definition) is 6. The summed E-state index contributed by atoms with van der Waals surface area (Å²) in [5.74, 6) is -4.16. The van der Waals surface area contributed by atoms with Gasteiger partial charge in [-0.1, -0.05) is 19.4 Å². The van der Waals surface area contributed by atoms with Crippen LogP contribution in [0.25, 0.3) is 0 Å². The Hall–Kier alpha value is -1.80. The van der Waals surface area contributed by atoms with E-state index in [4.69, 9.17) is 9.26 Å². The monoisotopic (exact) mass is 796 g/mol. The van der Waals surface area contributed by atoms with Crippen LogP contribution in [0.15, 0.2) is 18.2 Å². The molecule has 1 aromatic rings. The zero-order valence-electron chi connectivity index (χ0n) is 30.4. The maximum atomic E-state index is 13.6. The van der Waals surface area contributed by atoms with Crippen molar-refractivity contribution in [2.24, 2.45) is 23.2 Å². The molecule has 3 aliphatic carbocycles. The summed E-state index contributed by atoms with van der Waals surface area (Å²) < 4.78 is 100. The fourth-order valence-corrected chi connectivity index (χ4v) is 12.0. The molecule has 0 radical (unpaired) electrons. The number of ether oxygens (including phenoxy) is 1. The van der Waals surface area contributed by atoms with E-state index in [-0.39, 0.29) is 58.5 Å². The van der Waals surface area contributed by atoms with Crippen LogP contribution in [0.1, 0.15) is 107 Å². The van der Waals surface area contributed by atoms with Gasteiger partial charge in [0.15, 0.2) is 0 Å². The van der Waals surface area contributed by atoms with E-state index in [0.717, 1.165) is 62.7 Å². The molecule has 4 fully saturated rings. The van der Waals surface area contributed by atoms with Crippen LogP contribution in [0.4, 0.5) is 26.7 Å². The molecule has 2 N–H and O–H groups in total. The third-order valence-electron chi connectivity index (χ3n) is 13.1. The average Bonchev–Trinajstić information content (AvgIpc) is 3.42. The summed E-state index contributed by atoms with van der Waals surface area (Å²) in [6.07, 6.45) is 2.67. The third-order valence-corrected chi connectivity index (χ3v) is 15.0. The highest BCUT2D eigenvalue weighted by Gasteiger charge is 2.59. The Morgan fingerprint density at radius 1 is 0.981 bits per heavy atom. The van der Waals surface area contributed by atoms with Crippen molar-refractivity contribution in [1.29, 1.82) is 0 Å². The van der Waals surface area contributed by atoms with Crippen LogP contribution in [0, 0.1) is 23.2 Å². The van der Waals surface area contributed by atoms with Gasteiger partial charge < -0.3 is 19.1 Å². The number of fused-ring (bicyclic) bond motifs is 5. The molecule has 1 unspecified atom stereocenters. The fourth-order valence-electron chi connectivity index (χ4n) is 10.5. The molecule has 2 saturated carbocycles. The summed E-state index contributed by atoms with van der Waals surface area (Å²) in [5, 5.41) is 0. The lowest BCUT2D eigenvalue weighted by atomic mass is 9.52. The van der Waals surface area contributed by atoms with Gasteiger partial charge in [0.1, 0.15) is 11.9 Å². The van der Waals surface area contributed by atoms with E-state index in [1.807, 2.05) is 11.0 Å². The van der Waals surface area contributed by atoms with Crippen molar-refractivity contribution in [3.63, 3.8) is 0 Å². The number of phosphoric acid groups is 1. The SMILES string of the molecule is C[C@]12CC[C@@H]3c4ccc(OP(=O)(O)O)cc4C[C@@H](CCCS(=O)CCCC(F)(F)C(F)(F)F)[C@H]3[C@@H]1CC[C@@H]2OC(=O)N1CCC(N2CCCCC2)CC1. The predicted octanol–water partition coefficient (Wildman–Crippen LogP) is 8.20. The van der Waals surface area contributed by atoms with Crippen molar-refractivity contribution in [2.45, 2.75) is 127 Å². The minimum Gasteiger partial charge on any atom is -0.446 e. The number of alkyl halides is 5. The van der Waals surface area contributed by atoms with E-state index in [2.05, 4.69) is 11.8 Å². The molecule has 0 bridgehead atoms. The molecule has 5 aliphatic rings. The van der Waals surface area contributed by atoms with E-state index < -0.39 is 43.6 Å². The van der Waals surface area contributed by atoms with Crippen molar-refractivity contribution in [1.82, 2.24) is 9.80 Å². The van der Waals surface area contributed by atoms with Crippen molar-refractivity contribution in [3.05, 3.63) is 29.3 Å². The van der Waals surface area contributed by atoms with Crippen LogP contribution in [0.2, 0.25) is 0 Å². The molecule has 1 aromatic carbocycles. The molecular formula is C37H54F5N2O7PS. The molecule has 0 spiro atoms. The van der Waals surface area contributed by atoms with Gasteiger partial charge in [-0.25, -0.2) is 9.36 Å². The number of rotatable bonds is 12. The Bertz CT molecular complexity index is 1520. The first-order valence-electron chi connectivity index (χ1n) is 19.3. The lowest BCUT2D eigenvalue weighted by Gasteiger charge is -2.53. The van der Waals surface area contributed by atoms with Crippen LogP contribution < -0.4 is 4.52 Å². The molecule has 300 valence electrons. The standard InChI is InChI=1S/C37H54F5N2O7PS/c1-35-16-12-30-29-9-8-28(51-52(46,47)48)24-26(29)23-25(7-5-21-53(49)22-6-15-36(38,39)37(40,41)42)33(30)31(35)10-11-32(35)50-34(45)44-19-13-27(14-20-44)43-17-3-2-4-18-43/h8-9,24-25,27,30-33H,2-7,10-23H2,1H3,(H2,46,47,48)/t25-,30-,31+,32+,33-,35+,53?/m1/s1. The van der Waals surface area contributed by atoms with E-state index in [9.17, 15) is 45.3 Å². The number of carbonyl (C=O) groups is 1. The number of hydrogen-bond donors (Lipinski definition) is 2. The normalized spacial score (nSPS) is 30.6. The van der Waals surface area contributed by atoms with Crippen molar-refractivity contribution < 1.29 is 54.6 Å². The minimum absolute atomic E-state index is 0.0690. The molecule has 2 aliphatic heterocycles. The second-order valence-electron chi connectivity index (χ2n) is 16.3. The van der Waals surface area contributed by atoms with Gasteiger partial charge in [0.05, 0.1) is 0 Å². The zero-order valence-corrected chi connectivity index (χ0v) is 32.1. The van der Waals surface area contributed by atoms with E-state index in [1.165, 1.54) is 19.3 Å². The van der Waals surface area contributed by atoms with Gasteiger partial charge in [-0.3, -0.25) is 14.0 Å². The third kappa shape index (κ3) is 9.43. The number of carbonyl (C=O) groups excluding carboxylic acids is 1. The highest BCUT2D eigenvalue weighted by molar-refractivity contribution is 7.84. The summed E-state index contributed by atoms with van der Waals surface area (Å²) in [6.45, 7) is 5.89. The molecule has 7 atom stereocenters. The van der Waals surface area contributed by atoms with Gasteiger partial charge in [-0.15, -0.1) is 0 Å². The molecule has 9 nitrogen and oxygen atoms in total. The lowest BCUT2D eigenvalue weighted by molar-refractivity contribution is -0.284. The topological polar surface area (TPSA) is 117 Å². The Morgan fingerprint density at radius 3 is 2.36 bits per heavy atom. The van der Waals surface area contributed by atoms with Crippen LogP contribution in [0.3, 0.4) is 0 Å². The van der Waals surface area contributed by atoms with Crippen molar-refractivity contribution in [3.8, 4) is 5.75 Å². The number of phosphoric ester groups is 1. The van der Waals surface area contributed by atoms with Crippen LogP contribution in [-0.2, 0) is 26.5 Å². The molecule has 6 rings (SSSR count). The smallest absolute Gasteiger partial charge is 0.446 e. The number of amides is 1. The second-order valence-corrected chi connectivity index (χ2v) is 19.2. The van der Waals surface area contributed by atoms with Gasteiger partial charge in [-0.2, -0.15) is 22.0 Å². The van der Waals surface area contributed by atoms with Crippen LogP contribution in [-0.4, -0.2) is 91.8 Å². The number of nitrogens with zero attached hydrogens (tertiary/aromatic N) is 2. The zero-order chi connectivity index (χ0) is 38.2. The van der Waals surface area contributed by atoms with Gasteiger partial charge in [-0.05, 0) is 137 Å². The number of piperidine rings is 2. The number of benzene rings is 1. The first kappa shape index (κ1) is 40.9. The average molecular weight is 797 g/mol. The van der Waals surface area contributed by atoms with Crippen molar-refractivity contribution in [2.75, 3.05) is 37.7 Å². The molecule has 2 heterocycles. The molecule has 16 heteroatoms. The Morgan fingerprint density at radius 2 is 1.68 bits per heavy atom. The van der Waals surface area contributed by atoms with Gasteiger partial charge in [0.2, 0.25) is 0 Å². The summed E-state index contributed by atoms with van der Waals surface area (Å²) in [7, 11) is -6.34. The maximum absolute atomic E-state index is 13.6. The minimum atomic E-state index is -5.63. The summed E-state index contributed by atoms with van der Waals surface area (Å²) in [5.41, 5.74) is 1.78. The largest absolute Gasteiger partial charge is 0.524 e. The van der Waals surface area contributed by atoms with E-state index in [1.54, 1.807) is 12.1 Å². The quantitative estimate of drug-likeness (QED) is 0.161. The fraction of sp³-hybridized carbons (Fsp3) is 0.811. The first-order valence-corrected chi connectivity index (χ1v) is 22.3. The highest BCUT2D eigenvalue weighted by atomic mass is 32.2. The van der Waals surface area contributed by atoms with Gasteiger partial charge in [0.25, 0.3) is 0 Å². The number of likely N-dealkylation sites (tertiary alicyclic amines) is 2. The van der Waals surface area contributed by atoms with Gasteiger partial charge in [0, 0.05) is 53.3 Å². The first-order chi connectivity index (χ1) is 24.9.